The van der Waals surface area contributed by atoms with E-state index in [9.17, 15) is 0 Å². The summed E-state index contributed by atoms with van der Waals surface area (Å²) in [5.41, 5.74) is 7.27. The first-order chi connectivity index (χ1) is 4.16. The molecule has 9 heavy (non-hydrogen) atoms. The van der Waals surface area contributed by atoms with Crippen molar-refractivity contribution in [3.05, 3.63) is 11.6 Å². The van der Waals surface area contributed by atoms with E-state index in [1.165, 1.54) is 5.57 Å². The van der Waals surface area contributed by atoms with Gasteiger partial charge in [0.2, 0.25) is 0 Å². The highest BCUT2D eigenvalue weighted by molar-refractivity contribution is 4.98. The number of hydrogen-bond acceptors (Lipinski definition) is 2. The average molecular weight is 128 g/mol. The summed E-state index contributed by atoms with van der Waals surface area (Å²) in [5, 5.41) is 0. The van der Waals surface area contributed by atoms with Crippen LogP contribution in [0.3, 0.4) is 0 Å². The summed E-state index contributed by atoms with van der Waals surface area (Å²) < 4.78 is 0. The quantitative estimate of drug-likeness (QED) is 0.439. The van der Waals surface area contributed by atoms with Crippen molar-refractivity contribution in [2.24, 2.45) is 0 Å². The molecule has 0 saturated heterocycles. The van der Waals surface area contributed by atoms with Gasteiger partial charge in [0.05, 0.1) is 0 Å². The summed E-state index contributed by atoms with van der Waals surface area (Å²) in [6.45, 7) is 6.28. The van der Waals surface area contributed by atoms with E-state index in [-0.39, 0.29) is 0 Å². The molecule has 0 unspecified atom stereocenters. The molecule has 2 N–H and O–H groups in total. The third kappa shape index (κ3) is 5.53. The average Bonchev–Trinajstić information content (AvgIpc) is 1.63. The summed E-state index contributed by atoms with van der Waals surface area (Å²) in [6.07, 6.45) is 2.16. The molecule has 0 heterocycles. The van der Waals surface area contributed by atoms with Gasteiger partial charge in [-0.2, -0.15) is 0 Å². The van der Waals surface area contributed by atoms with Gasteiger partial charge in [0, 0.05) is 6.04 Å². The van der Waals surface area contributed by atoms with Gasteiger partial charge in [-0.15, -0.1) is 0 Å². The normalized spacial score (nSPS) is 12.9. The van der Waals surface area contributed by atoms with Crippen molar-refractivity contribution in [2.45, 2.75) is 26.8 Å². The smallest absolute Gasteiger partial charge is 0.0366 e. The van der Waals surface area contributed by atoms with E-state index < -0.39 is 0 Å². The molecule has 0 fully saturated rings. The van der Waals surface area contributed by atoms with E-state index in [1.807, 2.05) is 7.05 Å². The first-order valence-corrected chi connectivity index (χ1v) is 3.24. The molecule has 0 radical (unpaired) electrons. The van der Waals surface area contributed by atoms with Crippen molar-refractivity contribution >= 4 is 0 Å². The van der Waals surface area contributed by atoms with Crippen LogP contribution in [-0.2, 0) is 0 Å². The van der Waals surface area contributed by atoms with Gasteiger partial charge in [-0.25, -0.2) is 0 Å². The molecule has 0 amide bonds. The molecule has 0 aliphatic heterocycles. The van der Waals surface area contributed by atoms with Crippen LogP contribution in [-0.4, -0.2) is 13.1 Å². The fraction of sp³-hybridized carbons (Fsp3) is 0.714. The van der Waals surface area contributed by atoms with Crippen LogP contribution in [0.4, 0.5) is 0 Å². The van der Waals surface area contributed by atoms with Gasteiger partial charge < -0.3 is 0 Å². The third-order valence-corrected chi connectivity index (χ3v) is 0.955. The Balaban J connectivity index is 3.49. The van der Waals surface area contributed by atoms with E-state index in [4.69, 9.17) is 0 Å². The van der Waals surface area contributed by atoms with Gasteiger partial charge in [-0.3, -0.25) is 10.9 Å². The number of nitrogens with one attached hydrogen (secondary N) is 2. The minimum absolute atomic E-state index is 0.417. The lowest BCUT2D eigenvalue weighted by Crippen LogP contribution is -2.34. The van der Waals surface area contributed by atoms with Crippen molar-refractivity contribution in [1.82, 2.24) is 10.9 Å². The molecule has 1 atom stereocenters. The molecule has 2 heteroatoms. The predicted molar refractivity (Wildman–Crippen MR) is 41.1 cm³/mol. The fourth-order valence-electron chi connectivity index (χ4n) is 0.769. The van der Waals surface area contributed by atoms with E-state index in [2.05, 4.69) is 37.7 Å². The van der Waals surface area contributed by atoms with Crippen molar-refractivity contribution in [2.75, 3.05) is 7.05 Å². The maximum atomic E-state index is 3.05. The summed E-state index contributed by atoms with van der Waals surface area (Å²) in [4.78, 5) is 0. The van der Waals surface area contributed by atoms with Crippen molar-refractivity contribution in [3.8, 4) is 0 Å². The van der Waals surface area contributed by atoms with Crippen LogP contribution in [0.1, 0.15) is 20.8 Å². The zero-order valence-electron chi connectivity index (χ0n) is 6.65. The predicted octanol–water partition coefficient (Wildman–Crippen LogP) is 1.07. The Bertz CT molecular complexity index is 93.1. The van der Waals surface area contributed by atoms with Crippen LogP contribution in [0.2, 0.25) is 0 Å². The number of hydrogen-bond donors (Lipinski definition) is 2. The summed E-state index contributed by atoms with van der Waals surface area (Å²) in [5.74, 6) is 0. The topological polar surface area (TPSA) is 24.1 Å². The molecule has 0 saturated carbocycles. The lowest BCUT2D eigenvalue weighted by molar-refractivity contribution is 0.550. The molecule has 0 rings (SSSR count). The van der Waals surface area contributed by atoms with Crippen LogP contribution in [0.15, 0.2) is 11.6 Å². The first kappa shape index (κ1) is 8.66. The highest BCUT2D eigenvalue weighted by atomic mass is 15.3. The van der Waals surface area contributed by atoms with E-state index in [0.717, 1.165) is 0 Å². The van der Waals surface area contributed by atoms with Crippen LogP contribution in [0.5, 0.6) is 0 Å². The molecule has 0 aromatic rings. The molecule has 0 spiro atoms. The Morgan fingerprint density at radius 2 is 2.00 bits per heavy atom. The second kappa shape index (κ2) is 4.53. The van der Waals surface area contributed by atoms with Gasteiger partial charge in [-0.05, 0) is 27.8 Å². The molecule has 0 aromatic carbocycles. The van der Waals surface area contributed by atoms with E-state index in [0.29, 0.717) is 6.04 Å². The monoisotopic (exact) mass is 128 g/mol. The standard InChI is InChI=1S/C7H16N2/c1-6(2)5-7(3)9-8-4/h5,7-9H,1-4H3/t7-/m0/s1. The molecule has 0 aliphatic rings. The molecule has 0 bridgehead atoms. The zero-order chi connectivity index (χ0) is 7.28. The molecule has 2 nitrogen and oxygen atoms in total. The van der Waals surface area contributed by atoms with Gasteiger partial charge in [-0.1, -0.05) is 11.6 Å². The van der Waals surface area contributed by atoms with E-state index >= 15 is 0 Å². The number of hydrazine groups is 1. The summed E-state index contributed by atoms with van der Waals surface area (Å²) in [7, 11) is 1.87. The van der Waals surface area contributed by atoms with Gasteiger partial charge in [0.15, 0.2) is 0 Å². The zero-order valence-corrected chi connectivity index (χ0v) is 6.65. The number of allylic oxidation sites excluding steroid dienone is 1. The molecule has 54 valence electrons. The Morgan fingerprint density at radius 3 is 2.33 bits per heavy atom. The fourth-order valence-corrected chi connectivity index (χ4v) is 0.769. The van der Waals surface area contributed by atoms with Crippen LogP contribution >= 0.6 is 0 Å². The highest BCUT2D eigenvalue weighted by Gasteiger charge is 1.90. The Labute approximate surface area is 57.3 Å². The van der Waals surface area contributed by atoms with Gasteiger partial charge in [0.25, 0.3) is 0 Å². The lowest BCUT2D eigenvalue weighted by atomic mass is 10.2. The lowest BCUT2D eigenvalue weighted by Gasteiger charge is -2.07. The van der Waals surface area contributed by atoms with Crippen molar-refractivity contribution < 1.29 is 0 Å². The second-order valence-corrected chi connectivity index (χ2v) is 2.43. The molecule has 0 aromatic heterocycles. The first-order valence-electron chi connectivity index (χ1n) is 3.24. The maximum Gasteiger partial charge on any atom is 0.0366 e. The minimum atomic E-state index is 0.417. The van der Waals surface area contributed by atoms with Crippen LogP contribution in [0.25, 0.3) is 0 Å². The van der Waals surface area contributed by atoms with Crippen molar-refractivity contribution in [1.29, 1.82) is 0 Å². The van der Waals surface area contributed by atoms with E-state index in [1.54, 1.807) is 0 Å². The summed E-state index contributed by atoms with van der Waals surface area (Å²) >= 11 is 0. The Hall–Kier alpha value is -0.340. The third-order valence-electron chi connectivity index (χ3n) is 0.955. The van der Waals surface area contributed by atoms with Gasteiger partial charge >= 0.3 is 0 Å². The maximum absolute atomic E-state index is 3.05. The summed E-state index contributed by atoms with van der Waals surface area (Å²) in [6, 6.07) is 0.417. The Morgan fingerprint density at radius 1 is 1.44 bits per heavy atom. The Kier molecular flexibility index (Phi) is 4.36. The van der Waals surface area contributed by atoms with Crippen molar-refractivity contribution in [3.63, 3.8) is 0 Å². The van der Waals surface area contributed by atoms with Crippen LogP contribution in [0, 0.1) is 0 Å². The molecule has 0 aliphatic carbocycles. The molecular formula is C7H16N2. The minimum Gasteiger partial charge on any atom is -0.260 e. The number of rotatable bonds is 3. The largest absolute Gasteiger partial charge is 0.260 e. The SMILES string of the molecule is CNN[C@@H](C)C=C(C)C. The molecular weight excluding hydrogens is 112 g/mol. The highest BCUT2D eigenvalue weighted by Crippen LogP contribution is 1.91. The second-order valence-electron chi connectivity index (χ2n) is 2.43. The van der Waals surface area contributed by atoms with Gasteiger partial charge in [0.1, 0.15) is 0 Å². The van der Waals surface area contributed by atoms with Crippen LogP contribution < -0.4 is 10.9 Å².